The Balaban J connectivity index is 3.13. The van der Waals surface area contributed by atoms with Gasteiger partial charge in [0.05, 0.1) is 4.88 Å². The number of aromatic nitrogens is 1. The Kier molecular flexibility index (Phi) is 2.24. The first-order valence-corrected chi connectivity index (χ1v) is 4.19. The lowest BCUT2D eigenvalue weighted by Gasteiger charge is -1.90. The number of hydrogen-bond donors (Lipinski definition) is 1. The average Bonchev–Trinajstić information content (AvgIpc) is 2.28. The number of aryl methyl sites for hydroxylation is 1. The SMILES string of the molecule is CCC(=O)c1sc(=O)[nH]c1C. The van der Waals surface area contributed by atoms with Gasteiger partial charge < -0.3 is 4.98 Å². The first-order chi connectivity index (χ1) is 5.15. The normalized spacial score (nSPS) is 10.0. The summed E-state index contributed by atoms with van der Waals surface area (Å²) in [4.78, 5) is 24.8. The number of hydrogen-bond acceptors (Lipinski definition) is 3. The van der Waals surface area contributed by atoms with Crippen LogP contribution in [-0.2, 0) is 0 Å². The molecular weight excluding hydrogens is 162 g/mol. The van der Waals surface area contributed by atoms with Crippen molar-refractivity contribution in [2.45, 2.75) is 20.3 Å². The minimum Gasteiger partial charge on any atom is -0.316 e. The van der Waals surface area contributed by atoms with Gasteiger partial charge in [-0.2, -0.15) is 0 Å². The van der Waals surface area contributed by atoms with Gasteiger partial charge in [-0.05, 0) is 6.92 Å². The van der Waals surface area contributed by atoms with Gasteiger partial charge in [0.25, 0.3) is 0 Å². The molecule has 0 saturated heterocycles. The Hall–Kier alpha value is -0.900. The molecule has 0 bridgehead atoms. The molecule has 1 N–H and O–H groups in total. The molecule has 0 amide bonds. The van der Waals surface area contributed by atoms with Crippen LogP contribution in [0.15, 0.2) is 4.79 Å². The fourth-order valence-electron chi connectivity index (χ4n) is 0.831. The van der Waals surface area contributed by atoms with Gasteiger partial charge in [0.15, 0.2) is 5.78 Å². The molecule has 0 aliphatic carbocycles. The summed E-state index contributed by atoms with van der Waals surface area (Å²) in [6.45, 7) is 3.52. The summed E-state index contributed by atoms with van der Waals surface area (Å²) in [6, 6.07) is 0. The highest BCUT2D eigenvalue weighted by Crippen LogP contribution is 2.09. The highest BCUT2D eigenvalue weighted by atomic mass is 32.1. The second kappa shape index (κ2) is 3.00. The quantitative estimate of drug-likeness (QED) is 0.682. The Morgan fingerprint density at radius 3 is 2.64 bits per heavy atom. The zero-order valence-electron chi connectivity index (χ0n) is 6.43. The van der Waals surface area contributed by atoms with Crippen LogP contribution in [0.1, 0.15) is 28.7 Å². The summed E-state index contributed by atoms with van der Waals surface area (Å²) in [5, 5.41) is 0. The van der Waals surface area contributed by atoms with Crippen LogP contribution in [-0.4, -0.2) is 10.8 Å². The van der Waals surface area contributed by atoms with Crippen molar-refractivity contribution in [2.75, 3.05) is 0 Å². The van der Waals surface area contributed by atoms with E-state index in [1.807, 2.05) is 0 Å². The van der Waals surface area contributed by atoms with Crippen LogP contribution in [0.3, 0.4) is 0 Å². The third-order valence-corrected chi connectivity index (χ3v) is 2.42. The van der Waals surface area contributed by atoms with Crippen molar-refractivity contribution in [1.29, 1.82) is 0 Å². The number of Topliss-reactive ketones (excluding diaryl/α,β-unsaturated/α-hetero) is 1. The molecule has 1 aromatic heterocycles. The van der Waals surface area contributed by atoms with Crippen LogP contribution in [0.2, 0.25) is 0 Å². The summed E-state index contributed by atoms with van der Waals surface area (Å²) in [5.41, 5.74) is 0.687. The molecule has 1 aromatic rings. The van der Waals surface area contributed by atoms with E-state index in [4.69, 9.17) is 0 Å². The first kappa shape index (κ1) is 8.20. The zero-order chi connectivity index (χ0) is 8.43. The van der Waals surface area contributed by atoms with E-state index in [9.17, 15) is 9.59 Å². The number of thiazole rings is 1. The molecule has 4 heteroatoms. The van der Waals surface area contributed by atoms with Crippen LogP contribution in [0.25, 0.3) is 0 Å². The van der Waals surface area contributed by atoms with E-state index in [1.165, 1.54) is 0 Å². The average molecular weight is 171 g/mol. The van der Waals surface area contributed by atoms with Gasteiger partial charge in [0, 0.05) is 12.1 Å². The Bertz CT molecular complexity index is 323. The van der Waals surface area contributed by atoms with Crippen molar-refractivity contribution < 1.29 is 4.79 Å². The van der Waals surface area contributed by atoms with E-state index in [0.717, 1.165) is 11.3 Å². The van der Waals surface area contributed by atoms with E-state index < -0.39 is 0 Å². The molecule has 0 spiro atoms. The molecule has 3 nitrogen and oxygen atoms in total. The van der Waals surface area contributed by atoms with Gasteiger partial charge in [0.2, 0.25) is 0 Å². The predicted molar refractivity (Wildman–Crippen MR) is 44.3 cm³/mol. The van der Waals surface area contributed by atoms with Gasteiger partial charge in [0.1, 0.15) is 0 Å². The second-order valence-corrected chi connectivity index (χ2v) is 3.23. The number of aromatic amines is 1. The minimum absolute atomic E-state index is 0.0332. The van der Waals surface area contributed by atoms with Gasteiger partial charge in [-0.25, -0.2) is 0 Å². The maximum absolute atomic E-state index is 11.1. The number of ketones is 1. The van der Waals surface area contributed by atoms with Crippen LogP contribution < -0.4 is 4.87 Å². The number of nitrogens with one attached hydrogen (secondary N) is 1. The van der Waals surface area contributed by atoms with Crippen molar-refractivity contribution in [3.05, 3.63) is 20.2 Å². The lowest BCUT2D eigenvalue weighted by atomic mass is 10.2. The molecule has 0 aromatic carbocycles. The number of carbonyl (C=O) groups excluding carboxylic acids is 1. The van der Waals surface area contributed by atoms with E-state index in [-0.39, 0.29) is 10.7 Å². The molecule has 0 radical (unpaired) electrons. The van der Waals surface area contributed by atoms with E-state index in [0.29, 0.717) is 17.0 Å². The van der Waals surface area contributed by atoms with Crippen molar-refractivity contribution >= 4 is 17.1 Å². The summed E-state index contributed by atoms with van der Waals surface area (Å²) >= 11 is 0.986. The molecular formula is C7H9NO2S. The van der Waals surface area contributed by atoms with Gasteiger partial charge in [-0.1, -0.05) is 18.3 Å². The molecule has 0 aliphatic heterocycles. The summed E-state index contributed by atoms with van der Waals surface area (Å²) in [5.74, 6) is 0.0332. The topological polar surface area (TPSA) is 49.9 Å². The molecule has 0 atom stereocenters. The van der Waals surface area contributed by atoms with E-state index >= 15 is 0 Å². The molecule has 1 heterocycles. The van der Waals surface area contributed by atoms with Gasteiger partial charge in [-0.15, -0.1) is 0 Å². The predicted octanol–water partition coefficient (Wildman–Crippen LogP) is 1.34. The standard InChI is InChI=1S/C7H9NO2S/c1-3-5(9)6-4(2)8-7(10)11-6/h3H2,1-2H3,(H,8,10). The van der Waals surface area contributed by atoms with Crippen molar-refractivity contribution in [3.63, 3.8) is 0 Å². The van der Waals surface area contributed by atoms with Crippen LogP contribution >= 0.6 is 11.3 Å². The lowest BCUT2D eigenvalue weighted by Crippen LogP contribution is -1.94. The summed E-state index contributed by atoms with van der Waals surface area (Å²) in [6.07, 6.45) is 0.453. The minimum atomic E-state index is -0.153. The molecule has 11 heavy (non-hydrogen) atoms. The largest absolute Gasteiger partial charge is 0.316 e. The molecule has 1 rings (SSSR count). The first-order valence-electron chi connectivity index (χ1n) is 3.38. The van der Waals surface area contributed by atoms with Crippen molar-refractivity contribution in [2.24, 2.45) is 0 Å². The lowest BCUT2D eigenvalue weighted by molar-refractivity contribution is 0.0991. The van der Waals surface area contributed by atoms with Crippen LogP contribution in [0, 0.1) is 6.92 Å². The van der Waals surface area contributed by atoms with E-state index in [2.05, 4.69) is 4.98 Å². The fourth-order valence-corrected chi connectivity index (χ4v) is 1.68. The number of carbonyl (C=O) groups is 1. The van der Waals surface area contributed by atoms with Crippen molar-refractivity contribution in [3.8, 4) is 0 Å². The maximum Gasteiger partial charge on any atom is 0.305 e. The zero-order valence-corrected chi connectivity index (χ0v) is 7.25. The van der Waals surface area contributed by atoms with Crippen LogP contribution in [0.5, 0.6) is 0 Å². The Labute approximate surface area is 68.1 Å². The van der Waals surface area contributed by atoms with Gasteiger partial charge >= 0.3 is 4.87 Å². The fraction of sp³-hybridized carbons (Fsp3) is 0.429. The number of H-pyrrole nitrogens is 1. The molecule has 60 valence electrons. The molecule has 0 aliphatic rings. The highest BCUT2D eigenvalue weighted by molar-refractivity contribution is 7.11. The Morgan fingerprint density at radius 2 is 2.27 bits per heavy atom. The second-order valence-electron chi connectivity index (χ2n) is 2.25. The highest BCUT2D eigenvalue weighted by Gasteiger charge is 2.09. The smallest absolute Gasteiger partial charge is 0.305 e. The van der Waals surface area contributed by atoms with E-state index in [1.54, 1.807) is 13.8 Å². The molecule has 0 saturated carbocycles. The third kappa shape index (κ3) is 1.57. The number of rotatable bonds is 2. The maximum atomic E-state index is 11.1. The van der Waals surface area contributed by atoms with Crippen LogP contribution in [0.4, 0.5) is 0 Å². The Morgan fingerprint density at radius 1 is 1.64 bits per heavy atom. The van der Waals surface area contributed by atoms with Gasteiger partial charge in [-0.3, -0.25) is 9.59 Å². The molecule has 0 unspecified atom stereocenters. The third-order valence-electron chi connectivity index (χ3n) is 1.40. The molecule has 0 fully saturated rings. The van der Waals surface area contributed by atoms with Crippen molar-refractivity contribution in [1.82, 2.24) is 4.98 Å². The monoisotopic (exact) mass is 171 g/mol. The summed E-state index contributed by atoms with van der Waals surface area (Å²) in [7, 11) is 0. The summed E-state index contributed by atoms with van der Waals surface area (Å²) < 4.78 is 0.